The maximum Gasteiger partial charge on any atom is 0.165 e. The molecular weight excluding hydrogens is 286 g/mol. The molecular formula is C17H20ClNO2. The van der Waals surface area contributed by atoms with Crippen molar-refractivity contribution < 1.29 is 9.84 Å². The van der Waals surface area contributed by atoms with E-state index in [4.69, 9.17) is 16.3 Å². The maximum atomic E-state index is 10.3. The molecule has 2 heterocycles. The van der Waals surface area contributed by atoms with E-state index in [1.807, 2.05) is 0 Å². The fourth-order valence-electron chi connectivity index (χ4n) is 5.67. The van der Waals surface area contributed by atoms with E-state index in [0.717, 1.165) is 31.6 Å². The number of piperidine rings is 1. The molecule has 0 radical (unpaired) electrons. The number of hydrogen-bond acceptors (Lipinski definition) is 3. The number of phenols is 1. The minimum Gasteiger partial charge on any atom is -0.504 e. The highest BCUT2D eigenvalue weighted by atomic mass is 35.5. The Kier molecular flexibility index (Phi) is 2.33. The van der Waals surface area contributed by atoms with Gasteiger partial charge in [-0.05, 0) is 56.8 Å². The number of aromatic hydroxyl groups is 1. The predicted molar refractivity (Wildman–Crippen MR) is 81.3 cm³/mol. The molecule has 0 unspecified atom stereocenters. The van der Waals surface area contributed by atoms with Crippen LogP contribution >= 0.6 is 11.6 Å². The van der Waals surface area contributed by atoms with E-state index in [1.165, 1.54) is 17.5 Å². The van der Waals surface area contributed by atoms with E-state index in [-0.39, 0.29) is 22.6 Å². The first-order valence-corrected chi connectivity index (χ1v) is 8.43. The van der Waals surface area contributed by atoms with Gasteiger partial charge in [0.25, 0.3) is 0 Å². The fourth-order valence-corrected chi connectivity index (χ4v) is 6.08. The van der Waals surface area contributed by atoms with Gasteiger partial charge in [0, 0.05) is 17.0 Å². The van der Waals surface area contributed by atoms with Gasteiger partial charge in [0.15, 0.2) is 11.5 Å². The Morgan fingerprint density at radius 3 is 3.10 bits per heavy atom. The fraction of sp³-hybridized carbons (Fsp3) is 0.647. The molecule has 2 aliphatic heterocycles. The zero-order valence-corrected chi connectivity index (χ0v) is 12.9. The molecule has 0 amide bonds. The van der Waals surface area contributed by atoms with Crippen molar-refractivity contribution in [3.8, 4) is 11.5 Å². The van der Waals surface area contributed by atoms with Crippen molar-refractivity contribution in [2.45, 2.75) is 48.6 Å². The van der Waals surface area contributed by atoms with Gasteiger partial charge in [-0.25, -0.2) is 0 Å². The number of rotatable bonds is 0. The van der Waals surface area contributed by atoms with E-state index in [9.17, 15) is 5.11 Å². The lowest BCUT2D eigenvalue weighted by atomic mass is 9.52. The minimum absolute atomic E-state index is 0.0384. The van der Waals surface area contributed by atoms with Gasteiger partial charge in [-0.15, -0.1) is 11.6 Å². The zero-order valence-electron chi connectivity index (χ0n) is 12.2. The number of halogens is 1. The van der Waals surface area contributed by atoms with Crippen molar-refractivity contribution >= 4 is 11.6 Å². The van der Waals surface area contributed by atoms with Gasteiger partial charge in [-0.2, -0.15) is 0 Å². The first kappa shape index (κ1) is 12.6. The number of ether oxygens (including phenoxy) is 1. The first-order chi connectivity index (χ1) is 10.1. The van der Waals surface area contributed by atoms with Crippen molar-refractivity contribution in [2.75, 3.05) is 13.6 Å². The van der Waals surface area contributed by atoms with Crippen LogP contribution in [0.3, 0.4) is 0 Å². The van der Waals surface area contributed by atoms with Gasteiger partial charge in [0.05, 0.1) is 5.38 Å². The molecule has 1 spiro atoms. The third-order valence-electron chi connectivity index (χ3n) is 6.52. The molecule has 2 fully saturated rings. The number of nitrogens with zero attached hydrogens (tertiary/aromatic N) is 1. The highest BCUT2D eigenvalue weighted by Crippen LogP contribution is 2.64. The first-order valence-electron chi connectivity index (χ1n) is 7.99. The van der Waals surface area contributed by atoms with Crippen LogP contribution in [0.25, 0.3) is 0 Å². The molecule has 21 heavy (non-hydrogen) atoms. The number of hydrogen-bond donors (Lipinski definition) is 1. The SMILES string of the molecule is CN1CC[C@]23c4c5ccc(O)c4O[C@H]2[C@@H](Cl)CC[C@H]3[C@H]1C5. The summed E-state index contributed by atoms with van der Waals surface area (Å²) in [4.78, 5) is 2.52. The molecule has 112 valence electrons. The summed E-state index contributed by atoms with van der Waals surface area (Å²) in [5.74, 6) is 1.64. The van der Waals surface area contributed by atoms with Crippen LogP contribution in [0.2, 0.25) is 0 Å². The highest BCUT2D eigenvalue weighted by molar-refractivity contribution is 6.21. The van der Waals surface area contributed by atoms with Crippen molar-refractivity contribution in [1.82, 2.24) is 4.90 Å². The minimum atomic E-state index is 0.0384. The van der Waals surface area contributed by atoms with E-state index >= 15 is 0 Å². The lowest BCUT2D eigenvalue weighted by molar-refractivity contribution is -0.0406. The number of likely N-dealkylation sites (N-methyl/N-ethyl adjacent to an activating group) is 1. The van der Waals surface area contributed by atoms with Crippen LogP contribution in [0.4, 0.5) is 0 Å². The van der Waals surface area contributed by atoms with Crippen molar-refractivity contribution in [2.24, 2.45) is 5.92 Å². The molecule has 4 aliphatic rings. The largest absolute Gasteiger partial charge is 0.504 e. The molecule has 1 N–H and O–H groups in total. The third kappa shape index (κ3) is 1.31. The quantitative estimate of drug-likeness (QED) is 0.748. The van der Waals surface area contributed by atoms with E-state index < -0.39 is 0 Å². The van der Waals surface area contributed by atoms with E-state index in [0.29, 0.717) is 12.0 Å². The summed E-state index contributed by atoms with van der Waals surface area (Å²) in [5, 5.41) is 10.3. The van der Waals surface area contributed by atoms with Gasteiger partial charge in [0.2, 0.25) is 0 Å². The van der Waals surface area contributed by atoms with Gasteiger partial charge < -0.3 is 14.7 Å². The summed E-state index contributed by atoms with van der Waals surface area (Å²) in [6.45, 7) is 1.10. The second kappa shape index (κ2) is 3.88. The van der Waals surface area contributed by atoms with Crippen LogP contribution < -0.4 is 4.74 Å². The van der Waals surface area contributed by atoms with Crippen LogP contribution in [0.1, 0.15) is 30.4 Å². The molecule has 1 saturated heterocycles. The second-order valence-electron chi connectivity index (χ2n) is 7.23. The van der Waals surface area contributed by atoms with Crippen molar-refractivity contribution in [3.05, 3.63) is 23.3 Å². The molecule has 3 nitrogen and oxygen atoms in total. The second-order valence-corrected chi connectivity index (χ2v) is 7.79. The smallest absolute Gasteiger partial charge is 0.165 e. The van der Waals surface area contributed by atoms with Crippen LogP contribution in [0.15, 0.2) is 12.1 Å². The van der Waals surface area contributed by atoms with E-state index in [2.05, 4.69) is 18.0 Å². The lowest BCUT2D eigenvalue weighted by Gasteiger charge is -2.58. The monoisotopic (exact) mass is 305 g/mol. The Morgan fingerprint density at radius 2 is 2.24 bits per heavy atom. The zero-order chi connectivity index (χ0) is 14.4. The average molecular weight is 306 g/mol. The average Bonchev–Trinajstić information content (AvgIpc) is 2.83. The van der Waals surface area contributed by atoms with Crippen LogP contribution in [-0.2, 0) is 11.8 Å². The number of likely N-dealkylation sites (tertiary alicyclic amines) is 1. The number of alkyl halides is 1. The highest BCUT2D eigenvalue weighted by Gasteiger charge is 2.65. The van der Waals surface area contributed by atoms with Crippen LogP contribution in [-0.4, -0.2) is 41.1 Å². The van der Waals surface area contributed by atoms with Gasteiger partial charge >= 0.3 is 0 Å². The molecule has 1 aromatic rings. The molecule has 1 aromatic carbocycles. The van der Waals surface area contributed by atoms with Crippen molar-refractivity contribution in [1.29, 1.82) is 0 Å². The molecule has 5 atom stereocenters. The molecule has 2 bridgehead atoms. The van der Waals surface area contributed by atoms with Crippen LogP contribution in [0, 0.1) is 5.92 Å². The third-order valence-corrected chi connectivity index (χ3v) is 6.97. The Balaban J connectivity index is 1.81. The van der Waals surface area contributed by atoms with Gasteiger partial charge in [-0.3, -0.25) is 0 Å². The molecule has 4 heteroatoms. The number of phenolic OH excluding ortho intramolecular Hbond substituents is 1. The summed E-state index contributed by atoms with van der Waals surface area (Å²) >= 11 is 6.66. The molecule has 2 aliphatic carbocycles. The summed E-state index contributed by atoms with van der Waals surface area (Å²) < 4.78 is 6.26. The summed E-state index contributed by atoms with van der Waals surface area (Å²) in [5.41, 5.74) is 2.71. The van der Waals surface area contributed by atoms with Crippen molar-refractivity contribution in [3.63, 3.8) is 0 Å². The Bertz CT molecular complexity index is 633. The predicted octanol–water partition coefficient (Wildman–Crippen LogP) is 2.67. The number of benzene rings is 1. The summed E-state index contributed by atoms with van der Waals surface area (Å²) in [6, 6.07) is 4.49. The Hall–Kier alpha value is -0.930. The van der Waals surface area contributed by atoms with E-state index in [1.54, 1.807) is 6.07 Å². The maximum absolute atomic E-state index is 10.3. The normalized spacial score (nSPS) is 43.3. The Labute approximate surface area is 129 Å². The van der Waals surface area contributed by atoms with Gasteiger partial charge in [-0.1, -0.05) is 6.07 Å². The topological polar surface area (TPSA) is 32.7 Å². The Morgan fingerprint density at radius 1 is 1.38 bits per heavy atom. The summed E-state index contributed by atoms with van der Waals surface area (Å²) in [6.07, 6.45) is 4.41. The van der Waals surface area contributed by atoms with Gasteiger partial charge in [0.1, 0.15) is 6.10 Å². The van der Waals surface area contributed by atoms with Crippen LogP contribution in [0.5, 0.6) is 11.5 Å². The molecule has 5 rings (SSSR count). The molecule has 0 aromatic heterocycles. The standard InChI is InChI=1S/C17H20ClNO2/c1-19-7-6-17-10-3-4-11(18)16(17)21-15-13(20)5-2-9(14(15)17)8-12(10)19/h2,5,10-12,16,20H,3-4,6-8H2,1H3/t10-,11-,12+,16-,17-/m0/s1. The lowest BCUT2D eigenvalue weighted by Crippen LogP contribution is -2.65. The molecule has 1 saturated carbocycles. The summed E-state index contributed by atoms with van der Waals surface area (Å²) in [7, 11) is 2.25.